The van der Waals surface area contributed by atoms with Crippen LogP contribution in [0.15, 0.2) is 34.8 Å². The van der Waals surface area contributed by atoms with E-state index in [0.717, 1.165) is 5.56 Å². The van der Waals surface area contributed by atoms with Crippen LogP contribution in [-0.4, -0.2) is 11.4 Å². The van der Waals surface area contributed by atoms with Gasteiger partial charge in [0.2, 0.25) is 0 Å². The molecule has 3 heteroatoms. The largest absolute Gasteiger partial charge is 0.411 e. The lowest BCUT2D eigenvalue weighted by molar-refractivity contribution is 0.322. The lowest BCUT2D eigenvalue weighted by Crippen LogP contribution is -1.78. The number of benzene rings is 1. The summed E-state index contributed by atoms with van der Waals surface area (Å²) in [6.45, 7) is 0. The van der Waals surface area contributed by atoms with E-state index in [4.69, 9.17) is 5.21 Å². The van der Waals surface area contributed by atoms with E-state index < -0.39 is 0 Å². The summed E-state index contributed by atoms with van der Waals surface area (Å²) in [5.74, 6) is 0. The van der Waals surface area contributed by atoms with Gasteiger partial charge < -0.3 is 5.21 Å². The number of nitrogens with zero attached hydrogens (tertiary/aromatic N) is 1. The zero-order valence-electron chi connectivity index (χ0n) is 6.27. The maximum atomic E-state index is 8.31. The second-order valence-electron chi connectivity index (χ2n) is 2.46. The number of thiophene rings is 1. The molecule has 2 nitrogen and oxygen atoms in total. The van der Waals surface area contributed by atoms with E-state index in [0.29, 0.717) is 0 Å². The van der Waals surface area contributed by atoms with Crippen molar-refractivity contribution in [1.29, 1.82) is 0 Å². The van der Waals surface area contributed by atoms with Crippen molar-refractivity contribution in [3.8, 4) is 0 Å². The van der Waals surface area contributed by atoms with Crippen molar-refractivity contribution in [3.63, 3.8) is 0 Å². The van der Waals surface area contributed by atoms with Gasteiger partial charge in [0.25, 0.3) is 0 Å². The molecule has 0 saturated carbocycles. The minimum Gasteiger partial charge on any atom is -0.411 e. The monoisotopic (exact) mass is 177 g/mol. The van der Waals surface area contributed by atoms with Crippen LogP contribution in [0.25, 0.3) is 10.1 Å². The topological polar surface area (TPSA) is 32.6 Å². The van der Waals surface area contributed by atoms with Gasteiger partial charge in [0.05, 0.1) is 6.21 Å². The van der Waals surface area contributed by atoms with Crippen molar-refractivity contribution in [3.05, 3.63) is 35.2 Å². The Morgan fingerprint density at radius 3 is 3.08 bits per heavy atom. The van der Waals surface area contributed by atoms with Crippen LogP contribution in [0.4, 0.5) is 0 Å². The number of hydrogen-bond acceptors (Lipinski definition) is 3. The average molecular weight is 177 g/mol. The van der Waals surface area contributed by atoms with Crippen LogP contribution >= 0.6 is 11.3 Å². The number of fused-ring (bicyclic) bond motifs is 1. The van der Waals surface area contributed by atoms with Crippen LogP contribution in [0.3, 0.4) is 0 Å². The van der Waals surface area contributed by atoms with E-state index in [-0.39, 0.29) is 0 Å². The minimum absolute atomic E-state index is 0.920. The van der Waals surface area contributed by atoms with Gasteiger partial charge in [0.1, 0.15) is 0 Å². The summed E-state index contributed by atoms with van der Waals surface area (Å²) < 4.78 is 1.25. The maximum Gasteiger partial charge on any atom is 0.0734 e. The van der Waals surface area contributed by atoms with Gasteiger partial charge in [-0.25, -0.2) is 0 Å². The molecule has 2 rings (SSSR count). The van der Waals surface area contributed by atoms with E-state index in [1.807, 2.05) is 23.6 Å². The van der Waals surface area contributed by atoms with E-state index in [1.54, 1.807) is 11.3 Å². The molecule has 0 amide bonds. The molecule has 0 saturated heterocycles. The fourth-order valence-corrected chi connectivity index (χ4v) is 1.90. The molecular formula is C9H7NOS. The van der Waals surface area contributed by atoms with Gasteiger partial charge in [-0.1, -0.05) is 11.2 Å². The highest BCUT2D eigenvalue weighted by atomic mass is 32.1. The summed E-state index contributed by atoms with van der Waals surface area (Å²) in [4.78, 5) is 0. The van der Waals surface area contributed by atoms with Gasteiger partial charge in [-0.05, 0) is 34.5 Å². The highest BCUT2D eigenvalue weighted by molar-refractivity contribution is 7.17. The van der Waals surface area contributed by atoms with Gasteiger partial charge in [-0.15, -0.1) is 11.3 Å². The molecule has 12 heavy (non-hydrogen) atoms. The lowest BCUT2D eigenvalue weighted by atomic mass is 10.2. The first-order valence-electron chi connectivity index (χ1n) is 3.55. The van der Waals surface area contributed by atoms with E-state index in [1.165, 1.54) is 16.3 Å². The Morgan fingerprint density at radius 1 is 1.33 bits per heavy atom. The van der Waals surface area contributed by atoms with E-state index in [9.17, 15) is 0 Å². The Labute approximate surface area is 73.8 Å². The number of oxime groups is 1. The first-order chi connectivity index (χ1) is 5.90. The van der Waals surface area contributed by atoms with Crippen molar-refractivity contribution in [2.24, 2.45) is 5.16 Å². The smallest absolute Gasteiger partial charge is 0.0734 e. The third kappa shape index (κ3) is 1.19. The SMILES string of the molecule is ON=Cc1ccc2sccc2c1. The van der Waals surface area contributed by atoms with Crippen LogP contribution in [-0.2, 0) is 0 Å². The number of rotatable bonds is 1. The van der Waals surface area contributed by atoms with Crippen molar-refractivity contribution >= 4 is 27.6 Å². The van der Waals surface area contributed by atoms with Crippen molar-refractivity contribution < 1.29 is 5.21 Å². The molecule has 0 unspecified atom stereocenters. The zero-order valence-corrected chi connectivity index (χ0v) is 7.08. The molecule has 0 aliphatic rings. The summed E-state index contributed by atoms with van der Waals surface area (Å²) in [7, 11) is 0. The van der Waals surface area contributed by atoms with Crippen molar-refractivity contribution in [2.45, 2.75) is 0 Å². The Balaban J connectivity index is 2.60. The molecule has 1 N–H and O–H groups in total. The molecule has 0 bridgehead atoms. The standard InChI is InChI=1S/C9H7NOS/c11-10-6-7-1-2-9-8(5-7)3-4-12-9/h1-6,11H. The Kier molecular flexibility index (Phi) is 1.80. The van der Waals surface area contributed by atoms with E-state index >= 15 is 0 Å². The first kappa shape index (κ1) is 7.31. The first-order valence-corrected chi connectivity index (χ1v) is 4.43. The fourth-order valence-electron chi connectivity index (χ4n) is 1.13. The summed E-state index contributed by atoms with van der Waals surface area (Å²) in [6.07, 6.45) is 1.43. The van der Waals surface area contributed by atoms with Crippen LogP contribution in [0.5, 0.6) is 0 Å². The summed E-state index contributed by atoms with van der Waals surface area (Å²) in [5, 5.41) is 14.5. The van der Waals surface area contributed by atoms with Gasteiger partial charge in [-0.3, -0.25) is 0 Å². The van der Waals surface area contributed by atoms with Crippen molar-refractivity contribution in [1.82, 2.24) is 0 Å². The molecule has 1 aromatic heterocycles. The molecule has 0 aliphatic heterocycles. The van der Waals surface area contributed by atoms with Gasteiger partial charge in [-0.2, -0.15) is 0 Å². The second kappa shape index (κ2) is 2.95. The third-order valence-electron chi connectivity index (χ3n) is 1.68. The summed E-state index contributed by atoms with van der Waals surface area (Å²) in [5.41, 5.74) is 0.920. The normalized spacial score (nSPS) is 11.3. The fraction of sp³-hybridized carbons (Fsp3) is 0. The quantitative estimate of drug-likeness (QED) is 0.405. The Morgan fingerprint density at radius 2 is 2.25 bits per heavy atom. The highest BCUT2D eigenvalue weighted by Gasteiger charge is 1.94. The molecular weight excluding hydrogens is 170 g/mol. The van der Waals surface area contributed by atoms with Gasteiger partial charge >= 0.3 is 0 Å². The van der Waals surface area contributed by atoms with Gasteiger partial charge in [0.15, 0.2) is 0 Å². The summed E-state index contributed by atoms with van der Waals surface area (Å²) in [6, 6.07) is 8.00. The molecule has 60 valence electrons. The molecule has 1 heterocycles. The van der Waals surface area contributed by atoms with E-state index in [2.05, 4.69) is 11.2 Å². The molecule has 2 aromatic rings. The molecule has 0 aliphatic carbocycles. The molecule has 0 fully saturated rings. The summed E-state index contributed by atoms with van der Waals surface area (Å²) >= 11 is 1.71. The van der Waals surface area contributed by atoms with Crippen LogP contribution < -0.4 is 0 Å². The minimum atomic E-state index is 0.920. The van der Waals surface area contributed by atoms with Gasteiger partial charge in [0, 0.05) is 4.70 Å². The maximum absolute atomic E-state index is 8.31. The predicted molar refractivity (Wildman–Crippen MR) is 51.2 cm³/mol. The van der Waals surface area contributed by atoms with Crippen LogP contribution in [0.2, 0.25) is 0 Å². The second-order valence-corrected chi connectivity index (χ2v) is 3.41. The predicted octanol–water partition coefficient (Wildman–Crippen LogP) is 2.71. The molecule has 1 aromatic carbocycles. The molecule has 0 spiro atoms. The Bertz CT molecular complexity index is 419. The average Bonchev–Trinajstić information content (AvgIpc) is 2.51. The third-order valence-corrected chi connectivity index (χ3v) is 2.58. The van der Waals surface area contributed by atoms with Crippen LogP contribution in [0.1, 0.15) is 5.56 Å². The van der Waals surface area contributed by atoms with Crippen molar-refractivity contribution in [2.75, 3.05) is 0 Å². The number of hydrogen-bond donors (Lipinski definition) is 1. The highest BCUT2D eigenvalue weighted by Crippen LogP contribution is 2.20. The Hall–Kier alpha value is -1.35. The molecule has 0 atom stereocenters. The van der Waals surface area contributed by atoms with Crippen LogP contribution in [0, 0.1) is 0 Å². The zero-order chi connectivity index (χ0) is 8.39. The molecule has 0 radical (unpaired) electrons. The lowest BCUT2D eigenvalue weighted by Gasteiger charge is -1.91.